The summed E-state index contributed by atoms with van der Waals surface area (Å²) < 4.78 is 18.6. The monoisotopic (exact) mass is 384 g/mol. The third-order valence-corrected chi connectivity index (χ3v) is 4.87. The molecule has 28 heavy (non-hydrogen) atoms. The Hall–Kier alpha value is -2.89. The first kappa shape index (κ1) is 19.9. The first-order chi connectivity index (χ1) is 13.6. The number of piperazine rings is 1. The molecule has 2 aromatic carbocycles. The number of hydrogen-bond acceptors (Lipinski definition) is 4. The molecule has 6 heteroatoms. The number of benzene rings is 2. The molecule has 1 aliphatic rings. The molecule has 0 saturated carbocycles. The Morgan fingerprint density at radius 1 is 0.964 bits per heavy atom. The van der Waals surface area contributed by atoms with Gasteiger partial charge in [-0.3, -0.25) is 9.59 Å². The second-order valence-electron chi connectivity index (χ2n) is 6.70. The van der Waals surface area contributed by atoms with Crippen LogP contribution in [-0.4, -0.2) is 49.4 Å². The van der Waals surface area contributed by atoms with Crippen molar-refractivity contribution in [3.63, 3.8) is 0 Å². The zero-order valence-corrected chi connectivity index (χ0v) is 16.1. The van der Waals surface area contributed by atoms with Crippen molar-refractivity contribution in [2.45, 2.75) is 19.8 Å². The van der Waals surface area contributed by atoms with Crippen LogP contribution in [0.2, 0.25) is 0 Å². The molecule has 0 spiro atoms. The zero-order chi connectivity index (χ0) is 19.9. The van der Waals surface area contributed by atoms with E-state index in [0.29, 0.717) is 25.3 Å². The molecule has 0 radical (unpaired) electrons. The summed E-state index contributed by atoms with van der Waals surface area (Å²) in [6.45, 7) is 5.25. The Balaban J connectivity index is 1.50. The van der Waals surface area contributed by atoms with Crippen molar-refractivity contribution < 1.29 is 18.7 Å². The van der Waals surface area contributed by atoms with Crippen molar-refractivity contribution in [1.29, 1.82) is 0 Å². The van der Waals surface area contributed by atoms with Gasteiger partial charge in [0.15, 0.2) is 5.78 Å². The molecule has 0 unspecified atom stereocenters. The van der Waals surface area contributed by atoms with Gasteiger partial charge in [0.05, 0.1) is 12.3 Å². The Kier molecular flexibility index (Phi) is 6.63. The predicted octanol–water partition coefficient (Wildman–Crippen LogP) is 3.54. The van der Waals surface area contributed by atoms with E-state index in [1.807, 2.05) is 31.2 Å². The molecule has 0 N–H and O–H groups in total. The molecule has 1 fully saturated rings. The van der Waals surface area contributed by atoms with Gasteiger partial charge in [-0.15, -0.1) is 0 Å². The fourth-order valence-corrected chi connectivity index (χ4v) is 3.35. The Bertz CT molecular complexity index is 815. The standard InChI is InChI=1S/C22H25FN2O3/c1-2-28-21-6-4-3-5-19(21)24-13-15-25(16-14-24)22(27)12-11-20(26)17-7-9-18(23)10-8-17/h3-10H,2,11-16H2,1H3. The van der Waals surface area contributed by atoms with Crippen molar-refractivity contribution in [2.24, 2.45) is 0 Å². The number of rotatable bonds is 7. The van der Waals surface area contributed by atoms with Crippen LogP contribution in [0.4, 0.5) is 10.1 Å². The third-order valence-electron chi connectivity index (χ3n) is 4.87. The molecular formula is C22H25FN2O3. The van der Waals surface area contributed by atoms with E-state index in [2.05, 4.69) is 4.90 Å². The molecule has 0 atom stereocenters. The lowest BCUT2D eigenvalue weighted by Crippen LogP contribution is -2.48. The number of anilines is 1. The van der Waals surface area contributed by atoms with Crippen LogP contribution in [0.5, 0.6) is 5.75 Å². The second kappa shape index (κ2) is 9.35. The highest BCUT2D eigenvalue weighted by Crippen LogP contribution is 2.28. The van der Waals surface area contributed by atoms with Crippen molar-refractivity contribution in [3.05, 3.63) is 59.9 Å². The highest BCUT2D eigenvalue weighted by molar-refractivity contribution is 5.97. The quantitative estimate of drug-likeness (QED) is 0.685. The van der Waals surface area contributed by atoms with Crippen molar-refractivity contribution >= 4 is 17.4 Å². The van der Waals surface area contributed by atoms with Gasteiger partial charge in [0, 0.05) is 44.6 Å². The molecule has 1 amide bonds. The highest BCUT2D eigenvalue weighted by atomic mass is 19.1. The number of hydrogen-bond donors (Lipinski definition) is 0. The van der Waals surface area contributed by atoms with Gasteiger partial charge in [0.1, 0.15) is 11.6 Å². The number of ketones is 1. The first-order valence-electron chi connectivity index (χ1n) is 9.62. The summed E-state index contributed by atoms with van der Waals surface area (Å²) in [6, 6.07) is 13.3. The minimum atomic E-state index is -0.378. The zero-order valence-electron chi connectivity index (χ0n) is 16.1. The van der Waals surface area contributed by atoms with Gasteiger partial charge in [-0.05, 0) is 43.3 Å². The molecule has 0 aromatic heterocycles. The maximum absolute atomic E-state index is 12.9. The van der Waals surface area contributed by atoms with Gasteiger partial charge in [-0.25, -0.2) is 4.39 Å². The van der Waals surface area contributed by atoms with E-state index in [0.717, 1.165) is 24.5 Å². The van der Waals surface area contributed by atoms with E-state index in [9.17, 15) is 14.0 Å². The number of para-hydroxylation sites is 2. The molecule has 148 valence electrons. The van der Waals surface area contributed by atoms with E-state index < -0.39 is 0 Å². The van der Waals surface area contributed by atoms with Crippen molar-refractivity contribution in [1.82, 2.24) is 4.90 Å². The first-order valence-corrected chi connectivity index (χ1v) is 9.62. The summed E-state index contributed by atoms with van der Waals surface area (Å²) in [5, 5.41) is 0. The van der Waals surface area contributed by atoms with E-state index in [-0.39, 0.29) is 30.3 Å². The van der Waals surface area contributed by atoms with Crippen LogP contribution in [0.3, 0.4) is 0 Å². The topological polar surface area (TPSA) is 49.9 Å². The maximum Gasteiger partial charge on any atom is 0.223 e. The lowest BCUT2D eigenvalue weighted by atomic mass is 10.1. The Morgan fingerprint density at radius 3 is 2.32 bits per heavy atom. The van der Waals surface area contributed by atoms with E-state index in [1.165, 1.54) is 24.3 Å². The van der Waals surface area contributed by atoms with Crippen LogP contribution in [0, 0.1) is 5.82 Å². The second-order valence-corrected chi connectivity index (χ2v) is 6.70. The molecule has 1 aliphatic heterocycles. The van der Waals surface area contributed by atoms with Crippen LogP contribution in [-0.2, 0) is 4.79 Å². The number of carbonyl (C=O) groups excluding carboxylic acids is 2. The summed E-state index contributed by atoms with van der Waals surface area (Å²) in [5.74, 6) is 0.317. The number of halogens is 1. The lowest BCUT2D eigenvalue weighted by Gasteiger charge is -2.36. The number of Topliss-reactive ketones (excluding diaryl/α,β-unsaturated/α-hetero) is 1. The molecule has 3 rings (SSSR count). The van der Waals surface area contributed by atoms with Crippen molar-refractivity contribution in [2.75, 3.05) is 37.7 Å². The van der Waals surface area contributed by atoms with Crippen LogP contribution in [0.1, 0.15) is 30.1 Å². The largest absolute Gasteiger partial charge is 0.492 e. The number of ether oxygens (including phenoxy) is 1. The van der Waals surface area contributed by atoms with Crippen LogP contribution < -0.4 is 9.64 Å². The van der Waals surface area contributed by atoms with E-state index in [1.54, 1.807) is 4.90 Å². The fourth-order valence-electron chi connectivity index (χ4n) is 3.35. The minimum Gasteiger partial charge on any atom is -0.492 e. The summed E-state index contributed by atoms with van der Waals surface area (Å²) in [7, 11) is 0. The van der Waals surface area contributed by atoms with Crippen molar-refractivity contribution in [3.8, 4) is 5.75 Å². The summed E-state index contributed by atoms with van der Waals surface area (Å²) >= 11 is 0. The van der Waals surface area contributed by atoms with E-state index in [4.69, 9.17) is 4.74 Å². The third kappa shape index (κ3) is 4.88. The summed E-state index contributed by atoms with van der Waals surface area (Å²) in [6.07, 6.45) is 0.309. The smallest absolute Gasteiger partial charge is 0.223 e. The molecule has 1 saturated heterocycles. The van der Waals surface area contributed by atoms with Gasteiger partial charge in [0.25, 0.3) is 0 Å². The minimum absolute atomic E-state index is 0.0202. The Labute approximate surface area is 164 Å². The number of carbonyl (C=O) groups is 2. The Morgan fingerprint density at radius 2 is 1.64 bits per heavy atom. The molecular weight excluding hydrogens is 359 g/mol. The van der Waals surface area contributed by atoms with Crippen LogP contribution >= 0.6 is 0 Å². The van der Waals surface area contributed by atoms with Gasteiger partial charge >= 0.3 is 0 Å². The SMILES string of the molecule is CCOc1ccccc1N1CCN(C(=O)CCC(=O)c2ccc(F)cc2)CC1. The van der Waals surface area contributed by atoms with Crippen LogP contribution in [0.15, 0.2) is 48.5 Å². The summed E-state index contributed by atoms with van der Waals surface area (Å²) in [4.78, 5) is 28.7. The van der Waals surface area contributed by atoms with Gasteiger partial charge in [-0.1, -0.05) is 12.1 Å². The molecule has 0 bridgehead atoms. The van der Waals surface area contributed by atoms with Gasteiger partial charge < -0.3 is 14.5 Å². The number of amides is 1. The normalized spacial score (nSPS) is 14.1. The summed E-state index contributed by atoms with van der Waals surface area (Å²) in [5.41, 5.74) is 1.48. The average Bonchev–Trinajstić information content (AvgIpc) is 2.73. The van der Waals surface area contributed by atoms with Crippen LogP contribution in [0.25, 0.3) is 0 Å². The maximum atomic E-state index is 12.9. The lowest BCUT2D eigenvalue weighted by molar-refractivity contribution is -0.131. The molecule has 1 heterocycles. The molecule has 5 nitrogen and oxygen atoms in total. The fraction of sp³-hybridized carbons (Fsp3) is 0.364. The predicted molar refractivity (Wildman–Crippen MR) is 106 cm³/mol. The highest BCUT2D eigenvalue weighted by Gasteiger charge is 2.23. The molecule has 0 aliphatic carbocycles. The average molecular weight is 384 g/mol. The molecule has 2 aromatic rings. The number of nitrogens with zero attached hydrogens (tertiary/aromatic N) is 2. The van der Waals surface area contributed by atoms with Gasteiger partial charge in [0.2, 0.25) is 5.91 Å². The van der Waals surface area contributed by atoms with E-state index >= 15 is 0 Å². The van der Waals surface area contributed by atoms with Gasteiger partial charge in [-0.2, -0.15) is 0 Å².